The molecule has 16 heavy (non-hydrogen) atoms. The number of hydrogen-bond donors (Lipinski definition) is 2. The molecule has 2 amide bonds. The van der Waals surface area contributed by atoms with Crippen LogP contribution in [0.1, 0.15) is 5.56 Å². The lowest BCUT2D eigenvalue weighted by atomic mass is 10.2. The molecule has 5 heteroatoms. The second kappa shape index (κ2) is 5.75. The summed E-state index contributed by atoms with van der Waals surface area (Å²) in [4.78, 5) is 22.0. The molecule has 0 radical (unpaired) electrons. The van der Waals surface area contributed by atoms with Gasteiger partial charge < -0.3 is 15.4 Å². The molecule has 0 aliphatic carbocycles. The van der Waals surface area contributed by atoms with Crippen molar-refractivity contribution in [3.05, 3.63) is 29.8 Å². The molecule has 0 unspecified atom stereocenters. The number of nitrogens with one attached hydrogen (secondary N) is 2. The molecule has 0 saturated heterocycles. The summed E-state index contributed by atoms with van der Waals surface area (Å²) < 4.78 is 4.34. The molecule has 0 aliphatic rings. The second-order valence-electron chi connectivity index (χ2n) is 3.26. The third-order valence-corrected chi connectivity index (χ3v) is 1.91. The van der Waals surface area contributed by atoms with Crippen LogP contribution in [0.4, 0.5) is 10.5 Å². The van der Waals surface area contributed by atoms with Crippen molar-refractivity contribution in [2.75, 3.05) is 19.0 Å². The molecule has 86 valence electrons. The molecule has 1 aromatic rings. The molecule has 2 N–H and O–H groups in total. The lowest BCUT2D eigenvalue weighted by molar-refractivity contribution is -0.115. The van der Waals surface area contributed by atoms with Crippen LogP contribution in [0.5, 0.6) is 0 Å². The van der Waals surface area contributed by atoms with Crippen LogP contribution in [0.3, 0.4) is 0 Å². The molecule has 1 rings (SSSR count). The SMILES string of the molecule is COC(=O)NCC(=O)Nc1ccc(C)cc1. The van der Waals surface area contributed by atoms with Crippen molar-refractivity contribution in [2.45, 2.75) is 6.92 Å². The zero-order valence-corrected chi connectivity index (χ0v) is 9.24. The Bertz CT molecular complexity index is 373. The fourth-order valence-electron chi connectivity index (χ4n) is 1.07. The highest BCUT2D eigenvalue weighted by Crippen LogP contribution is 2.07. The molecule has 0 aromatic heterocycles. The Balaban J connectivity index is 2.40. The van der Waals surface area contributed by atoms with Crippen LogP contribution in [0, 0.1) is 6.92 Å². The molecule has 0 spiro atoms. The third-order valence-electron chi connectivity index (χ3n) is 1.91. The van der Waals surface area contributed by atoms with Crippen LogP contribution < -0.4 is 10.6 Å². The Kier molecular flexibility index (Phi) is 4.32. The van der Waals surface area contributed by atoms with Gasteiger partial charge in [-0.2, -0.15) is 0 Å². The molecule has 0 aliphatic heterocycles. The standard InChI is InChI=1S/C11H14N2O3/c1-8-3-5-9(6-4-8)13-10(14)7-12-11(15)16-2/h3-6H,7H2,1-2H3,(H,12,15)(H,13,14). The lowest BCUT2D eigenvalue weighted by Crippen LogP contribution is -2.32. The number of methoxy groups -OCH3 is 1. The molecule has 5 nitrogen and oxygen atoms in total. The fraction of sp³-hybridized carbons (Fsp3) is 0.273. The van der Waals surface area contributed by atoms with E-state index < -0.39 is 6.09 Å². The predicted octanol–water partition coefficient (Wildman–Crippen LogP) is 1.29. The van der Waals surface area contributed by atoms with E-state index in [2.05, 4.69) is 15.4 Å². The molecule has 0 saturated carbocycles. The van der Waals surface area contributed by atoms with Crippen molar-refractivity contribution < 1.29 is 14.3 Å². The van der Waals surface area contributed by atoms with Gasteiger partial charge in [0.25, 0.3) is 0 Å². The van der Waals surface area contributed by atoms with Crippen molar-refractivity contribution in [2.24, 2.45) is 0 Å². The van der Waals surface area contributed by atoms with Crippen LogP contribution in [0.15, 0.2) is 24.3 Å². The number of alkyl carbamates (subject to hydrolysis) is 1. The van der Waals surface area contributed by atoms with Gasteiger partial charge in [0.2, 0.25) is 5.91 Å². The summed E-state index contributed by atoms with van der Waals surface area (Å²) >= 11 is 0. The molecule has 0 bridgehead atoms. The number of rotatable bonds is 3. The van der Waals surface area contributed by atoms with Gasteiger partial charge in [0, 0.05) is 5.69 Å². The van der Waals surface area contributed by atoms with E-state index in [0.717, 1.165) is 5.56 Å². The first-order valence-electron chi connectivity index (χ1n) is 4.80. The number of ether oxygens (including phenoxy) is 1. The number of hydrogen-bond acceptors (Lipinski definition) is 3. The summed E-state index contributed by atoms with van der Waals surface area (Å²) in [5, 5.41) is 4.93. The normalized spacial score (nSPS) is 9.38. The summed E-state index contributed by atoms with van der Waals surface area (Å²) in [5.74, 6) is -0.297. The minimum Gasteiger partial charge on any atom is -0.453 e. The summed E-state index contributed by atoms with van der Waals surface area (Å²) in [6, 6.07) is 7.38. The average molecular weight is 222 g/mol. The van der Waals surface area contributed by atoms with Crippen molar-refractivity contribution >= 4 is 17.7 Å². The Morgan fingerprint density at radius 3 is 2.44 bits per heavy atom. The van der Waals surface area contributed by atoms with Crippen LogP contribution in [0.2, 0.25) is 0 Å². The lowest BCUT2D eigenvalue weighted by Gasteiger charge is -2.06. The molecular weight excluding hydrogens is 208 g/mol. The van der Waals surface area contributed by atoms with Crippen LogP contribution >= 0.6 is 0 Å². The number of carbonyl (C=O) groups excluding carboxylic acids is 2. The molecule has 0 fully saturated rings. The predicted molar refractivity (Wildman–Crippen MR) is 60.2 cm³/mol. The Labute approximate surface area is 93.8 Å². The Morgan fingerprint density at radius 1 is 1.25 bits per heavy atom. The van der Waals surface area contributed by atoms with Gasteiger partial charge in [-0.15, -0.1) is 0 Å². The van der Waals surface area contributed by atoms with E-state index in [-0.39, 0.29) is 12.5 Å². The van der Waals surface area contributed by atoms with Gasteiger partial charge in [0.05, 0.1) is 7.11 Å². The maximum Gasteiger partial charge on any atom is 0.407 e. The quantitative estimate of drug-likeness (QED) is 0.809. The van der Waals surface area contributed by atoms with Crippen molar-refractivity contribution in [1.82, 2.24) is 5.32 Å². The van der Waals surface area contributed by atoms with Crippen LogP contribution in [-0.4, -0.2) is 25.7 Å². The van der Waals surface area contributed by atoms with E-state index in [1.165, 1.54) is 7.11 Å². The zero-order chi connectivity index (χ0) is 12.0. The summed E-state index contributed by atoms with van der Waals surface area (Å²) in [7, 11) is 1.24. The first kappa shape index (κ1) is 12.0. The van der Waals surface area contributed by atoms with E-state index in [1.54, 1.807) is 12.1 Å². The minimum absolute atomic E-state index is 0.111. The van der Waals surface area contributed by atoms with Gasteiger partial charge in [-0.05, 0) is 19.1 Å². The van der Waals surface area contributed by atoms with Gasteiger partial charge in [-0.25, -0.2) is 4.79 Å². The first-order chi connectivity index (χ1) is 7.61. The van der Waals surface area contributed by atoms with Crippen molar-refractivity contribution in [3.63, 3.8) is 0 Å². The molecular formula is C11H14N2O3. The van der Waals surface area contributed by atoms with E-state index in [0.29, 0.717) is 5.69 Å². The van der Waals surface area contributed by atoms with Gasteiger partial charge in [0.1, 0.15) is 6.54 Å². The Hall–Kier alpha value is -2.04. The summed E-state index contributed by atoms with van der Waals surface area (Å²) in [6.45, 7) is 1.85. The van der Waals surface area contributed by atoms with Gasteiger partial charge in [-0.1, -0.05) is 17.7 Å². The molecule has 1 aromatic carbocycles. The third kappa shape index (κ3) is 4.00. The summed E-state index contributed by atoms with van der Waals surface area (Å²) in [5.41, 5.74) is 1.81. The van der Waals surface area contributed by atoms with E-state index >= 15 is 0 Å². The topological polar surface area (TPSA) is 67.4 Å². The monoisotopic (exact) mass is 222 g/mol. The molecule has 0 heterocycles. The average Bonchev–Trinajstić information content (AvgIpc) is 2.29. The number of amides is 2. The number of aryl methyl sites for hydroxylation is 1. The fourth-order valence-corrected chi connectivity index (χ4v) is 1.07. The van der Waals surface area contributed by atoms with Crippen molar-refractivity contribution in [1.29, 1.82) is 0 Å². The number of carbonyl (C=O) groups is 2. The smallest absolute Gasteiger partial charge is 0.407 e. The van der Waals surface area contributed by atoms with Gasteiger partial charge in [0.15, 0.2) is 0 Å². The number of benzene rings is 1. The van der Waals surface area contributed by atoms with Gasteiger partial charge >= 0.3 is 6.09 Å². The van der Waals surface area contributed by atoms with E-state index in [1.807, 2.05) is 19.1 Å². The maximum atomic E-state index is 11.3. The Morgan fingerprint density at radius 2 is 1.88 bits per heavy atom. The molecule has 0 atom stereocenters. The van der Waals surface area contributed by atoms with Crippen LogP contribution in [0.25, 0.3) is 0 Å². The maximum absolute atomic E-state index is 11.3. The van der Waals surface area contributed by atoms with Gasteiger partial charge in [-0.3, -0.25) is 4.79 Å². The highest BCUT2D eigenvalue weighted by Gasteiger charge is 2.04. The van der Waals surface area contributed by atoms with E-state index in [4.69, 9.17) is 0 Å². The highest BCUT2D eigenvalue weighted by molar-refractivity contribution is 5.93. The van der Waals surface area contributed by atoms with Crippen LogP contribution in [-0.2, 0) is 9.53 Å². The zero-order valence-electron chi connectivity index (χ0n) is 9.24. The minimum atomic E-state index is -0.626. The first-order valence-corrected chi connectivity index (χ1v) is 4.80. The number of anilines is 1. The van der Waals surface area contributed by atoms with Crippen molar-refractivity contribution in [3.8, 4) is 0 Å². The van der Waals surface area contributed by atoms with E-state index in [9.17, 15) is 9.59 Å². The second-order valence-corrected chi connectivity index (χ2v) is 3.26. The largest absolute Gasteiger partial charge is 0.453 e. The summed E-state index contributed by atoms with van der Waals surface area (Å²) in [6.07, 6.45) is -0.626. The highest BCUT2D eigenvalue weighted by atomic mass is 16.5.